The van der Waals surface area contributed by atoms with Gasteiger partial charge in [0.15, 0.2) is 0 Å². The van der Waals surface area contributed by atoms with Crippen LogP contribution in [0.5, 0.6) is 0 Å². The lowest BCUT2D eigenvalue weighted by Crippen LogP contribution is -2.26. The molecule has 1 aromatic rings. The Labute approximate surface area is 128 Å². The average Bonchev–Trinajstić information content (AvgIpc) is 2.39. The summed E-state index contributed by atoms with van der Waals surface area (Å²) in [6.45, 7) is 2.43. The molecule has 1 unspecified atom stereocenters. The molecule has 0 aliphatic rings. The number of benzene rings is 1. The topological polar surface area (TPSA) is 66.4 Å². The van der Waals surface area contributed by atoms with Crippen molar-refractivity contribution >= 4 is 35.1 Å². The van der Waals surface area contributed by atoms with Crippen molar-refractivity contribution < 1.29 is 14.7 Å². The van der Waals surface area contributed by atoms with Crippen molar-refractivity contribution in [2.45, 2.75) is 26.2 Å². The Balaban J connectivity index is 2.40. The van der Waals surface area contributed by atoms with Crippen LogP contribution in [-0.2, 0) is 4.79 Å². The molecule has 2 N–H and O–H groups in total. The van der Waals surface area contributed by atoms with Gasteiger partial charge in [-0.1, -0.05) is 30.1 Å². The number of amides is 1. The number of aliphatic carboxylic acids is 1. The van der Waals surface area contributed by atoms with Crippen molar-refractivity contribution in [1.82, 2.24) is 5.32 Å². The van der Waals surface area contributed by atoms with Crippen LogP contribution >= 0.6 is 23.2 Å². The molecule has 1 rings (SSSR count). The summed E-state index contributed by atoms with van der Waals surface area (Å²) in [4.78, 5) is 22.4. The summed E-state index contributed by atoms with van der Waals surface area (Å²) in [5, 5.41) is 12.1. The van der Waals surface area contributed by atoms with Gasteiger partial charge in [-0.15, -0.1) is 0 Å². The third kappa shape index (κ3) is 5.80. The van der Waals surface area contributed by atoms with Crippen molar-refractivity contribution in [3.05, 3.63) is 33.8 Å². The van der Waals surface area contributed by atoms with Gasteiger partial charge >= 0.3 is 5.97 Å². The monoisotopic (exact) mass is 317 g/mol. The highest BCUT2D eigenvalue weighted by Gasteiger charge is 2.11. The molecule has 0 saturated heterocycles. The highest BCUT2D eigenvalue weighted by Crippen LogP contribution is 2.20. The van der Waals surface area contributed by atoms with E-state index in [-0.39, 0.29) is 18.2 Å². The van der Waals surface area contributed by atoms with E-state index in [2.05, 4.69) is 5.32 Å². The van der Waals surface area contributed by atoms with E-state index in [1.807, 2.05) is 6.92 Å². The summed E-state index contributed by atoms with van der Waals surface area (Å²) in [7, 11) is 0. The summed E-state index contributed by atoms with van der Waals surface area (Å²) in [5.41, 5.74) is 0.345. The first-order valence-electron chi connectivity index (χ1n) is 6.35. The second-order valence-electron chi connectivity index (χ2n) is 4.71. The maximum absolute atomic E-state index is 11.9. The largest absolute Gasteiger partial charge is 0.481 e. The number of carbonyl (C=O) groups excluding carboxylic acids is 1. The van der Waals surface area contributed by atoms with Gasteiger partial charge in [0.25, 0.3) is 5.91 Å². The number of carbonyl (C=O) groups is 2. The molecule has 0 aromatic heterocycles. The molecule has 6 heteroatoms. The van der Waals surface area contributed by atoms with E-state index >= 15 is 0 Å². The van der Waals surface area contributed by atoms with Crippen LogP contribution in [0.2, 0.25) is 10.0 Å². The normalized spacial score (nSPS) is 11.9. The van der Waals surface area contributed by atoms with Crippen LogP contribution in [-0.4, -0.2) is 23.5 Å². The summed E-state index contributed by atoms with van der Waals surface area (Å²) in [5.74, 6) is -0.837. The summed E-state index contributed by atoms with van der Waals surface area (Å²) < 4.78 is 0. The van der Waals surface area contributed by atoms with Crippen molar-refractivity contribution in [2.75, 3.05) is 6.54 Å². The lowest BCUT2D eigenvalue weighted by atomic mass is 10.0. The highest BCUT2D eigenvalue weighted by atomic mass is 35.5. The molecule has 1 atom stereocenters. The fourth-order valence-electron chi connectivity index (χ4n) is 1.71. The van der Waals surface area contributed by atoms with E-state index in [0.29, 0.717) is 28.6 Å². The van der Waals surface area contributed by atoms with E-state index in [1.165, 1.54) is 6.07 Å². The summed E-state index contributed by atoms with van der Waals surface area (Å²) in [6, 6.07) is 4.72. The van der Waals surface area contributed by atoms with Crippen molar-refractivity contribution in [1.29, 1.82) is 0 Å². The minimum atomic E-state index is -0.799. The van der Waals surface area contributed by atoms with E-state index in [9.17, 15) is 9.59 Å². The van der Waals surface area contributed by atoms with Crippen molar-refractivity contribution in [3.63, 3.8) is 0 Å². The number of hydrogen-bond donors (Lipinski definition) is 2. The van der Waals surface area contributed by atoms with Gasteiger partial charge in [0.2, 0.25) is 0 Å². The zero-order chi connectivity index (χ0) is 15.1. The first-order chi connectivity index (χ1) is 9.40. The standard InChI is InChI=1S/C14H17Cl2NO3/c1-9(2-5-13(18)19)6-7-17-14(20)11-8-10(15)3-4-12(11)16/h3-4,8-9H,2,5-7H2,1H3,(H,17,20)(H,18,19). The van der Waals surface area contributed by atoms with Crippen LogP contribution in [0, 0.1) is 5.92 Å². The van der Waals surface area contributed by atoms with Gasteiger partial charge < -0.3 is 10.4 Å². The van der Waals surface area contributed by atoms with E-state index < -0.39 is 5.97 Å². The molecule has 1 aromatic carbocycles. The minimum Gasteiger partial charge on any atom is -0.481 e. The highest BCUT2D eigenvalue weighted by molar-refractivity contribution is 6.35. The Hall–Kier alpha value is -1.26. The van der Waals surface area contributed by atoms with E-state index in [4.69, 9.17) is 28.3 Å². The second-order valence-corrected chi connectivity index (χ2v) is 5.55. The van der Waals surface area contributed by atoms with Gasteiger partial charge in [-0.2, -0.15) is 0 Å². The molecule has 0 aliphatic carbocycles. The van der Waals surface area contributed by atoms with Crippen LogP contribution in [0.15, 0.2) is 18.2 Å². The Bertz CT molecular complexity index is 491. The fourth-order valence-corrected chi connectivity index (χ4v) is 2.09. The van der Waals surface area contributed by atoms with Crippen molar-refractivity contribution in [3.8, 4) is 0 Å². The SMILES string of the molecule is CC(CCNC(=O)c1cc(Cl)ccc1Cl)CCC(=O)O. The van der Waals surface area contributed by atoms with E-state index in [1.54, 1.807) is 12.1 Å². The van der Waals surface area contributed by atoms with E-state index in [0.717, 1.165) is 6.42 Å². The predicted octanol–water partition coefficient (Wildman–Crippen LogP) is 3.61. The molecule has 0 spiro atoms. The van der Waals surface area contributed by atoms with Crippen LogP contribution < -0.4 is 5.32 Å². The number of halogens is 2. The molecule has 4 nitrogen and oxygen atoms in total. The molecule has 110 valence electrons. The Morgan fingerprint density at radius 1 is 1.30 bits per heavy atom. The van der Waals surface area contributed by atoms with Gasteiger partial charge in [-0.3, -0.25) is 9.59 Å². The number of rotatable bonds is 7. The maximum atomic E-state index is 11.9. The minimum absolute atomic E-state index is 0.148. The van der Waals surface area contributed by atoms with Gasteiger partial charge in [0, 0.05) is 18.0 Å². The van der Waals surface area contributed by atoms with Crippen LogP contribution in [0.3, 0.4) is 0 Å². The zero-order valence-corrected chi connectivity index (χ0v) is 12.7. The average molecular weight is 318 g/mol. The quantitative estimate of drug-likeness (QED) is 0.807. The fraction of sp³-hybridized carbons (Fsp3) is 0.429. The first-order valence-corrected chi connectivity index (χ1v) is 7.10. The maximum Gasteiger partial charge on any atom is 0.303 e. The molecular weight excluding hydrogens is 301 g/mol. The number of carboxylic acid groups (broad SMARTS) is 1. The van der Waals surface area contributed by atoms with Gasteiger partial charge in [-0.05, 0) is 37.0 Å². The molecule has 0 saturated carbocycles. The molecule has 0 bridgehead atoms. The van der Waals surface area contributed by atoms with Gasteiger partial charge in [0.05, 0.1) is 10.6 Å². The van der Waals surface area contributed by atoms with Gasteiger partial charge in [0.1, 0.15) is 0 Å². The molecule has 20 heavy (non-hydrogen) atoms. The Morgan fingerprint density at radius 2 is 2.00 bits per heavy atom. The lowest BCUT2D eigenvalue weighted by molar-refractivity contribution is -0.137. The molecule has 0 radical (unpaired) electrons. The van der Waals surface area contributed by atoms with Crippen molar-refractivity contribution in [2.24, 2.45) is 5.92 Å². The number of nitrogens with one attached hydrogen (secondary N) is 1. The second kappa shape index (κ2) is 8.12. The summed E-state index contributed by atoms with van der Waals surface area (Å²) in [6.07, 6.45) is 1.47. The van der Waals surface area contributed by atoms with Crippen LogP contribution in [0.25, 0.3) is 0 Å². The third-order valence-electron chi connectivity index (χ3n) is 2.95. The van der Waals surface area contributed by atoms with Crippen LogP contribution in [0.4, 0.5) is 0 Å². The first kappa shape index (κ1) is 16.8. The predicted molar refractivity (Wildman–Crippen MR) is 79.4 cm³/mol. The molecule has 0 heterocycles. The smallest absolute Gasteiger partial charge is 0.303 e. The number of carboxylic acids is 1. The summed E-state index contributed by atoms with van der Waals surface area (Å²) >= 11 is 11.8. The Morgan fingerprint density at radius 3 is 2.65 bits per heavy atom. The molecule has 0 fully saturated rings. The Kier molecular flexibility index (Phi) is 6.82. The molecule has 1 amide bonds. The lowest BCUT2D eigenvalue weighted by Gasteiger charge is -2.11. The third-order valence-corrected chi connectivity index (χ3v) is 3.51. The molecule has 0 aliphatic heterocycles. The van der Waals surface area contributed by atoms with Crippen LogP contribution in [0.1, 0.15) is 36.5 Å². The number of hydrogen-bond acceptors (Lipinski definition) is 2. The molecular formula is C14H17Cl2NO3. The zero-order valence-electron chi connectivity index (χ0n) is 11.2. The van der Waals surface area contributed by atoms with Gasteiger partial charge in [-0.25, -0.2) is 0 Å².